The van der Waals surface area contributed by atoms with Gasteiger partial charge in [-0.15, -0.1) is 0 Å². The lowest BCUT2D eigenvalue weighted by Gasteiger charge is -2.40. The fraction of sp³-hybridized carbons (Fsp3) is 0.791. The maximum atomic E-state index is 13.1. The zero-order valence-electron chi connectivity index (χ0n) is 50.4. The fourth-order valence-electron chi connectivity index (χ4n) is 9.65. The molecule has 1 rings (SSSR count). The number of rotatable bonds is 55. The van der Waals surface area contributed by atoms with E-state index in [1.54, 1.807) is 0 Å². The van der Waals surface area contributed by atoms with Crippen LogP contribution in [0.1, 0.15) is 290 Å². The number of hydrogen-bond donors (Lipinski definition) is 3. The molecule has 0 saturated carbocycles. The number of carboxylic acids is 1. The van der Waals surface area contributed by atoms with Gasteiger partial charge in [0.25, 0.3) is 0 Å². The number of aliphatic carboxylic acids is 1. The Morgan fingerprint density at radius 1 is 0.430 bits per heavy atom. The van der Waals surface area contributed by atoms with Crippen molar-refractivity contribution in [2.24, 2.45) is 0 Å². The van der Waals surface area contributed by atoms with Crippen molar-refractivity contribution in [1.29, 1.82) is 0 Å². The van der Waals surface area contributed by atoms with E-state index in [2.05, 4.69) is 81.5 Å². The maximum Gasteiger partial charge on any atom is 0.335 e. The zero-order chi connectivity index (χ0) is 57.5. The van der Waals surface area contributed by atoms with Gasteiger partial charge in [0.15, 0.2) is 24.6 Å². The van der Waals surface area contributed by atoms with Crippen molar-refractivity contribution in [2.75, 3.05) is 13.2 Å². The van der Waals surface area contributed by atoms with Gasteiger partial charge in [0.05, 0.1) is 6.61 Å². The Morgan fingerprint density at radius 3 is 1.25 bits per heavy atom. The van der Waals surface area contributed by atoms with E-state index >= 15 is 0 Å². The van der Waals surface area contributed by atoms with Crippen molar-refractivity contribution in [2.45, 2.75) is 327 Å². The number of unbranched alkanes of at least 4 members (excludes halogenated alkanes) is 31. The first-order valence-corrected chi connectivity index (χ1v) is 32.3. The van der Waals surface area contributed by atoms with Crippen LogP contribution < -0.4 is 0 Å². The summed E-state index contributed by atoms with van der Waals surface area (Å²) in [7, 11) is 0. The second-order valence-electron chi connectivity index (χ2n) is 22.0. The third kappa shape index (κ3) is 44.7. The molecule has 6 atom stereocenters. The molecule has 79 heavy (non-hydrogen) atoms. The molecule has 1 aliphatic rings. The Balaban J connectivity index is 2.64. The predicted octanol–water partition coefficient (Wildman–Crippen LogP) is 17.1. The normalized spacial score (nSPS) is 18.2. The first kappa shape index (κ1) is 73.4. The quantitative estimate of drug-likeness (QED) is 0.0228. The van der Waals surface area contributed by atoms with Crippen LogP contribution in [0, 0.1) is 0 Å². The van der Waals surface area contributed by atoms with E-state index in [0.717, 1.165) is 103 Å². The molecule has 0 aromatic rings. The van der Waals surface area contributed by atoms with Gasteiger partial charge in [0, 0.05) is 19.3 Å². The van der Waals surface area contributed by atoms with E-state index in [1.165, 1.54) is 128 Å². The maximum absolute atomic E-state index is 13.1. The molecule has 0 amide bonds. The average Bonchev–Trinajstić information content (AvgIpc) is 3.43. The molecule has 1 fully saturated rings. The van der Waals surface area contributed by atoms with Crippen molar-refractivity contribution in [3.05, 3.63) is 60.8 Å². The van der Waals surface area contributed by atoms with Crippen molar-refractivity contribution in [3.63, 3.8) is 0 Å². The molecule has 456 valence electrons. The second-order valence-corrected chi connectivity index (χ2v) is 22.0. The topological polar surface area (TPSA) is 175 Å². The van der Waals surface area contributed by atoms with Crippen LogP contribution in [0.25, 0.3) is 0 Å². The van der Waals surface area contributed by atoms with Crippen LogP contribution in [0.2, 0.25) is 0 Å². The van der Waals surface area contributed by atoms with Gasteiger partial charge in [0.1, 0.15) is 18.8 Å². The molecule has 0 bridgehead atoms. The lowest BCUT2D eigenvalue weighted by Crippen LogP contribution is -2.61. The van der Waals surface area contributed by atoms with E-state index < -0.39 is 67.3 Å². The number of aliphatic hydroxyl groups excluding tert-OH is 2. The van der Waals surface area contributed by atoms with E-state index in [-0.39, 0.29) is 25.9 Å². The van der Waals surface area contributed by atoms with Crippen LogP contribution in [-0.2, 0) is 42.9 Å². The Morgan fingerprint density at radius 2 is 0.797 bits per heavy atom. The summed E-state index contributed by atoms with van der Waals surface area (Å²) in [5, 5.41) is 31.6. The number of carboxylic acid groups (broad SMARTS) is 1. The Kier molecular flexibility index (Phi) is 51.1. The molecule has 12 heteroatoms. The standard InChI is InChI=1S/C67H116O12/c1-4-7-10-13-16-19-22-25-27-29-30-32-34-37-40-43-46-49-52-55-61(70)78-65-63(72)62(71)64(66(73)74)79-67(65)76-57-58(77-60(69)54-51-48-45-42-39-35-24-21-18-15-12-9-6-3)56-75-59(68)53-50-47-44-41-38-36-33-31-28-26-23-20-17-14-11-8-5-2/h9,12,17-18,20-21,26,28,35,39,58,62-65,67,71-72H,4-8,10-11,13-16,19,22-25,27,29-34,36-38,40-57H2,1-3H3,(H,73,74)/b12-9-,20-17-,21-18-,28-26-,39-35-. The molecule has 1 heterocycles. The minimum atomic E-state index is -1.91. The largest absolute Gasteiger partial charge is 0.479 e. The van der Waals surface area contributed by atoms with Gasteiger partial charge in [-0.25, -0.2) is 4.79 Å². The van der Waals surface area contributed by atoms with Crippen LogP contribution >= 0.6 is 0 Å². The smallest absolute Gasteiger partial charge is 0.335 e. The van der Waals surface area contributed by atoms with Crippen molar-refractivity contribution < 1.29 is 58.2 Å². The van der Waals surface area contributed by atoms with Gasteiger partial charge < -0.3 is 39.0 Å². The zero-order valence-corrected chi connectivity index (χ0v) is 50.4. The Bertz CT molecular complexity index is 1600. The number of carbonyl (C=O) groups is 4. The second kappa shape index (κ2) is 55.0. The van der Waals surface area contributed by atoms with Crippen LogP contribution in [0.15, 0.2) is 60.8 Å². The highest BCUT2D eigenvalue weighted by atomic mass is 16.7. The van der Waals surface area contributed by atoms with Gasteiger partial charge in [0.2, 0.25) is 0 Å². The summed E-state index contributed by atoms with van der Waals surface area (Å²) in [5.74, 6) is -3.15. The number of carbonyl (C=O) groups excluding carboxylic acids is 3. The van der Waals surface area contributed by atoms with Gasteiger partial charge >= 0.3 is 23.9 Å². The minimum Gasteiger partial charge on any atom is -0.479 e. The Labute approximate surface area is 481 Å². The highest BCUT2D eigenvalue weighted by Gasteiger charge is 2.50. The first-order chi connectivity index (χ1) is 38.6. The average molecular weight is 1110 g/mol. The van der Waals surface area contributed by atoms with E-state index in [4.69, 9.17) is 23.7 Å². The highest BCUT2D eigenvalue weighted by Crippen LogP contribution is 2.27. The molecule has 1 saturated heterocycles. The Hall–Kier alpha value is -3.58. The molecule has 1 aliphatic heterocycles. The molecule has 12 nitrogen and oxygen atoms in total. The third-order valence-electron chi connectivity index (χ3n) is 14.6. The molecule has 3 N–H and O–H groups in total. The molecule has 0 aliphatic carbocycles. The molecule has 0 aromatic carbocycles. The summed E-state index contributed by atoms with van der Waals surface area (Å²) in [5.41, 5.74) is 0. The first-order valence-electron chi connectivity index (χ1n) is 32.3. The minimum absolute atomic E-state index is 0.0594. The van der Waals surface area contributed by atoms with Crippen molar-refractivity contribution >= 4 is 23.9 Å². The number of esters is 3. The van der Waals surface area contributed by atoms with Crippen LogP contribution in [-0.4, -0.2) is 89.2 Å². The summed E-state index contributed by atoms with van der Waals surface area (Å²) < 4.78 is 28.5. The number of ether oxygens (including phenoxy) is 5. The van der Waals surface area contributed by atoms with Gasteiger partial charge in [-0.05, 0) is 83.5 Å². The summed E-state index contributed by atoms with van der Waals surface area (Å²) in [6.07, 6.45) is 56.2. The fourth-order valence-corrected chi connectivity index (χ4v) is 9.65. The predicted molar refractivity (Wildman–Crippen MR) is 322 cm³/mol. The summed E-state index contributed by atoms with van der Waals surface area (Å²) in [6, 6.07) is 0. The van der Waals surface area contributed by atoms with E-state index in [0.29, 0.717) is 19.3 Å². The van der Waals surface area contributed by atoms with Crippen molar-refractivity contribution in [1.82, 2.24) is 0 Å². The van der Waals surface area contributed by atoms with Crippen LogP contribution in [0.3, 0.4) is 0 Å². The highest BCUT2D eigenvalue weighted by molar-refractivity contribution is 5.74. The monoisotopic (exact) mass is 1110 g/mol. The van der Waals surface area contributed by atoms with Crippen molar-refractivity contribution in [3.8, 4) is 0 Å². The van der Waals surface area contributed by atoms with E-state index in [9.17, 15) is 34.5 Å². The van der Waals surface area contributed by atoms with Gasteiger partial charge in [-0.1, -0.05) is 248 Å². The van der Waals surface area contributed by atoms with Gasteiger partial charge in [-0.3, -0.25) is 14.4 Å². The molecular weight excluding hydrogens is 997 g/mol. The van der Waals surface area contributed by atoms with Crippen LogP contribution in [0.5, 0.6) is 0 Å². The molecule has 6 unspecified atom stereocenters. The van der Waals surface area contributed by atoms with Crippen LogP contribution in [0.4, 0.5) is 0 Å². The number of aliphatic hydroxyl groups is 2. The summed E-state index contributed by atoms with van der Waals surface area (Å²) in [4.78, 5) is 51.3. The summed E-state index contributed by atoms with van der Waals surface area (Å²) >= 11 is 0. The summed E-state index contributed by atoms with van der Waals surface area (Å²) in [6.45, 7) is 5.86. The molecular formula is C67H116O12. The molecule has 0 aromatic heterocycles. The third-order valence-corrected chi connectivity index (χ3v) is 14.6. The molecule has 0 radical (unpaired) electrons. The lowest BCUT2D eigenvalue weighted by atomic mass is 9.98. The van der Waals surface area contributed by atoms with E-state index in [1.807, 2.05) is 0 Å². The van der Waals surface area contributed by atoms with Gasteiger partial charge in [-0.2, -0.15) is 0 Å². The lowest BCUT2D eigenvalue weighted by molar-refractivity contribution is -0.301. The SMILES string of the molecule is CC/C=C\C/C=C\C/C=C\CCCCCC(=O)OC(COC(=O)CCCCCCCCC/C=C\C/C=C\CCCCC)COC1OC(C(=O)O)C(O)C(O)C1OC(=O)CCCCCCCCCCCCCCCCCCCCC. The number of allylic oxidation sites excluding steroid dienone is 10. The molecule has 0 spiro atoms. The number of hydrogen-bond acceptors (Lipinski definition) is 11.